The van der Waals surface area contributed by atoms with Crippen LogP contribution in [0.15, 0.2) is 48.5 Å². The first kappa shape index (κ1) is 21.3. The summed E-state index contributed by atoms with van der Waals surface area (Å²) >= 11 is 0. The Morgan fingerprint density at radius 2 is 1.53 bits per heavy atom. The SMILES string of the molecule is CNC(=O)OCc1c(COC(=O)NC)c(-c2ccccc2OC)n2c1Cc1ccccc1-2. The number of aromatic nitrogens is 1. The molecule has 0 fully saturated rings. The van der Waals surface area contributed by atoms with Crippen molar-refractivity contribution < 1.29 is 23.8 Å². The van der Waals surface area contributed by atoms with Crippen LogP contribution in [0, 0.1) is 0 Å². The molecular formula is C24H25N3O5. The minimum absolute atomic E-state index is 0.0155. The molecule has 8 heteroatoms. The minimum Gasteiger partial charge on any atom is -0.496 e. The Morgan fingerprint density at radius 1 is 0.906 bits per heavy atom. The summed E-state index contributed by atoms with van der Waals surface area (Å²) in [5.41, 5.74) is 6.48. The Balaban J connectivity index is 1.95. The van der Waals surface area contributed by atoms with Crippen molar-refractivity contribution in [3.8, 4) is 22.7 Å². The highest BCUT2D eigenvalue weighted by Gasteiger charge is 2.32. The first-order valence-corrected chi connectivity index (χ1v) is 10.2. The van der Waals surface area contributed by atoms with Crippen molar-refractivity contribution in [2.75, 3.05) is 21.2 Å². The maximum Gasteiger partial charge on any atom is 0.407 e. The molecule has 1 aliphatic heterocycles. The zero-order chi connectivity index (χ0) is 22.7. The Morgan fingerprint density at radius 3 is 2.22 bits per heavy atom. The van der Waals surface area contributed by atoms with Gasteiger partial charge in [0.15, 0.2) is 0 Å². The van der Waals surface area contributed by atoms with Crippen molar-refractivity contribution in [3.63, 3.8) is 0 Å². The van der Waals surface area contributed by atoms with Crippen LogP contribution in [0.1, 0.15) is 22.4 Å². The van der Waals surface area contributed by atoms with Crippen LogP contribution >= 0.6 is 0 Å². The summed E-state index contributed by atoms with van der Waals surface area (Å²) in [6, 6.07) is 15.8. The van der Waals surface area contributed by atoms with Crippen molar-refractivity contribution in [2.24, 2.45) is 0 Å². The van der Waals surface area contributed by atoms with Gasteiger partial charge in [0.2, 0.25) is 0 Å². The van der Waals surface area contributed by atoms with Gasteiger partial charge in [-0.1, -0.05) is 30.3 Å². The van der Waals surface area contributed by atoms with Crippen LogP contribution in [-0.2, 0) is 29.1 Å². The molecule has 0 saturated heterocycles. The molecule has 2 aromatic carbocycles. The van der Waals surface area contributed by atoms with E-state index >= 15 is 0 Å². The van der Waals surface area contributed by atoms with Crippen LogP contribution in [0.25, 0.3) is 16.9 Å². The van der Waals surface area contributed by atoms with Crippen molar-refractivity contribution in [1.82, 2.24) is 15.2 Å². The molecule has 0 unspecified atom stereocenters. The number of ether oxygens (including phenoxy) is 3. The van der Waals surface area contributed by atoms with Crippen molar-refractivity contribution in [3.05, 3.63) is 70.9 Å². The fourth-order valence-corrected chi connectivity index (χ4v) is 4.10. The summed E-state index contributed by atoms with van der Waals surface area (Å²) in [4.78, 5) is 23.7. The first-order valence-electron chi connectivity index (χ1n) is 10.2. The molecule has 0 radical (unpaired) electrons. The number of hydrogen-bond donors (Lipinski definition) is 2. The molecule has 2 amide bonds. The lowest BCUT2D eigenvalue weighted by Gasteiger charge is -2.15. The fourth-order valence-electron chi connectivity index (χ4n) is 4.10. The third kappa shape index (κ3) is 3.75. The van der Waals surface area contributed by atoms with Crippen molar-refractivity contribution in [1.29, 1.82) is 0 Å². The third-order valence-electron chi connectivity index (χ3n) is 5.55. The van der Waals surface area contributed by atoms with Gasteiger partial charge < -0.3 is 29.4 Å². The number of alkyl carbamates (subject to hydrolysis) is 2. The molecule has 3 aromatic rings. The molecule has 0 atom stereocenters. The van der Waals surface area contributed by atoms with Crippen LogP contribution in [0.4, 0.5) is 9.59 Å². The van der Waals surface area contributed by atoms with Gasteiger partial charge in [-0.2, -0.15) is 0 Å². The van der Waals surface area contributed by atoms with Gasteiger partial charge >= 0.3 is 12.2 Å². The predicted molar refractivity (Wildman–Crippen MR) is 119 cm³/mol. The minimum atomic E-state index is -0.541. The van der Waals surface area contributed by atoms with E-state index in [0.29, 0.717) is 12.2 Å². The average Bonchev–Trinajstić information content (AvgIpc) is 3.34. The second-order valence-corrected chi connectivity index (χ2v) is 7.25. The molecule has 4 rings (SSSR count). The number of fused-ring (bicyclic) bond motifs is 3. The third-order valence-corrected chi connectivity index (χ3v) is 5.55. The summed E-state index contributed by atoms with van der Waals surface area (Å²) in [7, 11) is 4.64. The van der Waals surface area contributed by atoms with Gasteiger partial charge in [-0.25, -0.2) is 9.59 Å². The van der Waals surface area contributed by atoms with Gasteiger partial charge in [0.05, 0.1) is 12.8 Å². The quantitative estimate of drug-likeness (QED) is 0.481. The van der Waals surface area contributed by atoms with Crippen LogP contribution in [0.5, 0.6) is 5.75 Å². The molecule has 32 heavy (non-hydrogen) atoms. The second-order valence-electron chi connectivity index (χ2n) is 7.25. The number of amides is 2. The van der Waals surface area contributed by atoms with E-state index in [1.807, 2.05) is 36.4 Å². The molecule has 1 aliphatic rings. The number of benzene rings is 2. The molecule has 1 aromatic heterocycles. The zero-order valence-electron chi connectivity index (χ0n) is 18.2. The smallest absolute Gasteiger partial charge is 0.407 e. The van der Waals surface area contributed by atoms with Crippen molar-refractivity contribution in [2.45, 2.75) is 19.6 Å². The van der Waals surface area contributed by atoms with E-state index < -0.39 is 12.2 Å². The topological polar surface area (TPSA) is 90.8 Å². The standard InChI is InChI=1S/C24H25N3O5/c1-25-23(28)31-13-17-18(14-32-24(29)26-2)22(16-9-5-7-11-21(16)30-3)27-19-10-6-4-8-15(19)12-20(17)27/h4-11H,12-14H2,1-3H3,(H,25,28)(H,26,29). The van der Waals surface area contributed by atoms with Crippen LogP contribution in [0.2, 0.25) is 0 Å². The largest absolute Gasteiger partial charge is 0.496 e. The number of carbonyl (C=O) groups is 2. The number of para-hydroxylation sites is 2. The predicted octanol–water partition coefficient (Wildman–Crippen LogP) is 3.77. The molecule has 2 N–H and O–H groups in total. The molecule has 0 spiro atoms. The summed E-state index contributed by atoms with van der Waals surface area (Å²) < 4.78 is 18.7. The van der Waals surface area contributed by atoms with E-state index in [4.69, 9.17) is 14.2 Å². The average molecular weight is 435 g/mol. The highest BCUT2D eigenvalue weighted by atomic mass is 16.6. The van der Waals surface area contributed by atoms with Gasteiger partial charge in [-0.15, -0.1) is 0 Å². The summed E-state index contributed by atoms with van der Waals surface area (Å²) in [5.74, 6) is 0.692. The Labute approximate surface area is 186 Å². The molecule has 8 nitrogen and oxygen atoms in total. The molecule has 0 bridgehead atoms. The number of nitrogens with zero attached hydrogens (tertiary/aromatic N) is 1. The molecule has 0 saturated carbocycles. The van der Waals surface area contributed by atoms with E-state index in [9.17, 15) is 9.59 Å². The summed E-state index contributed by atoms with van der Waals surface area (Å²) in [6.45, 7) is 0.0617. The molecular weight excluding hydrogens is 410 g/mol. The lowest BCUT2D eigenvalue weighted by Crippen LogP contribution is -2.20. The van der Waals surface area contributed by atoms with E-state index in [-0.39, 0.29) is 13.2 Å². The lowest BCUT2D eigenvalue weighted by atomic mass is 10.0. The molecule has 166 valence electrons. The maximum absolute atomic E-state index is 11.9. The van der Waals surface area contributed by atoms with E-state index in [0.717, 1.165) is 33.8 Å². The highest BCUT2D eigenvalue weighted by molar-refractivity contribution is 5.78. The van der Waals surface area contributed by atoms with Gasteiger partial charge in [-0.3, -0.25) is 0 Å². The van der Waals surface area contributed by atoms with Gasteiger partial charge in [0, 0.05) is 48.6 Å². The van der Waals surface area contributed by atoms with Crippen LogP contribution in [-0.4, -0.2) is 38.0 Å². The van der Waals surface area contributed by atoms with Gasteiger partial charge in [-0.05, 0) is 23.8 Å². The van der Waals surface area contributed by atoms with Crippen molar-refractivity contribution >= 4 is 12.2 Å². The van der Waals surface area contributed by atoms with Crippen LogP contribution < -0.4 is 15.4 Å². The first-order chi connectivity index (χ1) is 15.6. The normalized spacial score (nSPS) is 11.3. The Kier molecular flexibility index (Phi) is 6.02. The summed E-state index contributed by atoms with van der Waals surface area (Å²) in [6.07, 6.45) is -0.400. The number of hydrogen-bond acceptors (Lipinski definition) is 5. The monoisotopic (exact) mass is 435 g/mol. The summed E-state index contributed by atoms with van der Waals surface area (Å²) in [5, 5.41) is 4.95. The van der Waals surface area contributed by atoms with E-state index in [1.165, 1.54) is 19.7 Å². The Bertz CT molecular complexity index is 1170. The fraction of sp³-hybridized carbons (Fsp3) is 0.250. The van der Waals surface area contributed by atoms with E-state index in [1.54, 1.807) is 7.11 Å². The molecule has 0 aliphatic carbocycles. The number of methoxy groups -OCH3 is 1. The Hall–Kier alpha value is -3.94. The van der Waals surface area contributed by atoms with Crippen LogP contribution in [0.3, 0.4) is 0 Å². The second kappa shape index (κ2) is 9.05. The highest BCUT2D eigenvalue weighted by Crippen LogP contribution is 2.44. The number of nitrogens with one attached hydrogen (secondary N) is 2. The number of carbonyl (C=O) groups excluding carboxylic acids is 2. The van der Waals surface area contributed by atoms with E-state index in [2.05, 4.69) is 27.3 Å². The van der Waals surface area contributed by atoms with Gasteiger partial charge in [0.1, 0.15) is 19.0 Å². The van der Waals surface area contributed by atoms with Gasteiger partial charge in [0.25, 0.3) is 0 Å². The molecule has 2 heterocycles. The number of rotatable bonds is 6. The maximum atomic E-state index is 11.9. The zero-order valence-corrected chi connectivity index (χ0v) is 18.2. The lowest BCUT2D eigenvalue weighted by molar-refractivity contribution is 0.134.